The number of para-hydroxylation sites is 1. The molecule has 5 nitrogen and oxygen atoms in total. The molecule has 0 saturated carbocycles. The maximum atomic E-state index is 13.4. The van der Waals surface area contributed by atoms with Gasteiger partial charge in [-0.05, 0) is 55.7 Å². The number of likely N-dealkylation sites (tertiary alicyclic amines) is 1. The number of fused-ring (bicyclic) bond motifs is 3. The van der Waals surface area contributed by atoms with Crippen LogP contribution in [0.25, 0.3) is 6.08 Å². The number of phenols is 1. The molecule has 0 spiro atoms. The van der Waals surface area contributed by atoms with Crippen LogP contribution >= 0.6 is 11.3 Å². The molecule has 2 amide bonds. The monoisotopic (exact) mass is 477 g/mol. The third-order valence-electron chi connectivity index (χ3n) is 7.62. The van der Waals surface area contributed by atoms with Crippen LogP contribution in [0.3, 0.4) is 0 Å². The molecule has 2 saturated heterocycles. The summed E-state index contributed by atoms with van der Waals surface area (Å²) in [5.74, 6) is -0.311. The largest absolute Gasteiger partial charge is 0.507 e. The standard InChI is InChI=1S/C28H31NO4S/c1-3-18(14-19-7-4-5-9-23(19)30)10-11-24-25-17(2)13-21-26(22(25)16-33-24)28(32)29(27(21)31)15-20-8-6-12-34-20/h4-9,12,14,21-22,24,26,30H,3,10-11,13,15-16H2,1-2H3/b18-14+/t21-,22+,24-,26-/m1/s1. The fourth-order valence-corrected chi connectivity index (χ4v) is 6.60. The van der Waals surface area contributed by atoms with Crippen LogP contribution in [0.4, 0.5) is 0 Å². The molecule has 3 aliphatic rings. The second-order valence-corrected chi connectivity index (χ2v) is 10.6. The van der Waals surface area contributed by atoms with E-state index in [9.17, 15) is 14.7 Å². The van der Waals surface area contributed by atoms with Crippen molar-refractivity contribution < 1.29 is 19.4 Å². The number of ether oxygens (including phenoxy) is 1. The van der Waals surface area contributed by atoms with E-state index in [0.717, 1.165) is 29.7 Å². The Balaban J connectivity index is 1.31. The van der Waals surface area contributed by atoms with Gasteiger partial charge in [0.2, 0.25) is 11.8 Å². The van der Waals surface area contributed by atoms with Crippen LogP contribution in [0.15, 0.2) is 58.5 Å². The minimum atomic E-state index is -0.293. The highest BCUT2D eigenvalue weighted by Gasteiger charge is 2.56. The van der Waals surface area contributed by atoms with Crippen LogP contribution in [0.2, 0.25) is 0 Å². The Morgan fingerprint density at radius 3 is 2.74 bits per heavy atom. The van der Waals surface area contributed by atoms with E-state index < -0.39 is 0 Å². The first-order chi connectivity index (χ1) is 16.5. The molecule has 1 N–H and O–H groups in total. The van der Waals surface area contributed by atoms with Gasteiger partial charge in [0.05, 0.1) is 31.1 Å². The number of aromatic hydroxyl groups is 1. The molecule has 2 fully saturated rings. The van der Waals surface area contributed by atoms with Gasteiger partial charge < -0.3 is 9.84 Å². The Kier molecular flexibility index (Phi) is 6.45. The zero-order valence-corrected chi connectivity index (χ0v) is 20.5. The van der Waals surface area contributed by atoms with Gasteiger partial charge in [0.25, 0.3) is 0 Å². The van der Waals surface area contributed by atoms with Gasteiger partial charge in [-0.25, -0.2) is 0 Å². The molecule has 1 aromatic heterocycles. The topological polar surface area (TPSA) is 66.8 Å². The van der Waals surface area contributed by atoms with Gasteiger partial charge >= 0.3 is 0 Å². The van der Waals surface area contributed by atoms with Crippen LogP contribution in [0.5, 0.6) is 5.75 Å². The molecular weight excluding hydrogens is 446 g/mol. The summed E-state index contributed by atoms with van der Waals surface area (Å²) in [6.07, 6.45) is 5.31. The molecule has 3 heterocycles. The zero-order valence-electron chi connectivity index (χ0n) is 19.7. The number of phenolic OH excluding ortho intramolecular Hbond substituents is 1. The predicted octanol–water partition coefficient (Wildman–Crippen LogP) is 5.56. The van der Waals surface area contributed by atoms with Crippen molar-refractivity contribution in [2.75, 3.05) is 6.61 Å². The fourth-order valence-electron chi connectivity index (χ4n) is 5.91. The van der Waals surface area contributed by atoms with Crippen LogP contribution in [-0.2, 0) is 20.9 Å². The number of carbonyl (C=O) groups is 2. The Morgan fingerprint density at radius 2 is 2.00 bits per heavy atom. The summed E-state index contributed by atoms with van der Waals surface area (Å²) in [5.41, 5.74) is 4.56. The summed E-state index contributed by atoms with van der Waals surface area (Å²) in [6, 6.07) is 11.3. The highest BCUT2D eigenvalue weighted by molar-refractivity contribution is 7.09. The lowest BCUT2D eigenvalue weighted by molar-refractivity contribution is -0.140. The summed E-state index contributed by atoms with van der Waals surface area (Å²) in [5, 5.41) is 12.1. The molecule has 6 heteroatoms. The smallest absolute Gasteiger partial charge is 0.234 e. The van der Waals surface area contributed by atoms with Gasteiger partial charge in [-0.3, -0.25) is 14.5 Å². The van der Waals surface area contributed by atoms with Crippen molar-refractivity contribution in [1.82, 2.24) is 4.90 Å². The molecule has 34 heavy (non-hydrogen) atoms. The number of imide groups is 1. The van der Waals surface area contributed by atoms with E-state index >= 15 is 0 Å². The summed E-state index contributed by atoms with van der Waals surface area (Å²) in [7, 11) is 0. The highest BCUT2D eigenvalue weighted by atomic mass is 32.1. The average Bonchev–Trinajstić information content (AvgIpc) is 3.55. The summed E-state index contributed by atoms with van der Waals surface area (Å²) >= 11 is 1.58. The summed E-state index contributed by atoms with van der Waals surface area (Å²) < 4.78 is 6.26. The summed E-state index contributed by atoms with van der Waals surface area (Å²) in [6.45, 7) is 5.13. The predicted molar refractivity (Wildman–Crippen MR) is 133 cm³/mol. The maximum Gasteiger partial charge on any atom is 0.234 e. The Morgan fingerprint density at radius 1 is 1.18 bits per heavy atom. The molecule has 2 aliphatic heterocycles. The molecular formula is C28H31NO4S. The maximum absolute atomic E-state index is 13.4. The molecule has 4 atom stereocenters. The zero-order chi connectivity index (χ0) is 23.8. The number of amides is 2. The second kappa shape index (κ2) is 9.51. The molecule has 1 aromatic carbocycles. The number of rotatable bonds is 7. The Labute approximate surface area is 204 Å². The first kappa shape index (κ1) is 23.1. The lowest BCUT2D eigenvalue weighted by Gasteiger charge is -2.30. The van der Waals surface area contributed by atoms with E-state index in [0.29, 0.717) is 25.3 Å². The van der Waals surface area contributed by atoms with Crippen molar-refractivity contribution >= 4 is 29.2 Å². The van der Waals surface area contributed by atoms with E-state index in [2.05, 4.69) is 19.9 Å². The SMILES string of the molecule is CC/C(=C\c1ccccc1O)CC[C@H]1OC[C@H]2C1=C(C)C[C@H]1C(=O)N(Cc3cccs3)C(=O)[C@H]12. The van der Waals surface area contributed by atoms with E-state index in [1.54, 1.807) is 17.4 Å². The highest BCUT2D eigenvalue weighted by Crippen LogP contribution is 2.50. The van der Waals surface area contributed by atoms with E-state index in [-0.39, 0.29) is 35.7 Å². The van der Waals surface area contributed by atoms with Crippen LogP contribution in [-0.4, -0.2) is 34.5 Å². The van der Waals surface area contributed by atoms with Crippen LogP contribution in [0, 0.1) is 17.8 Å². The van der Waals surface area contributed by atoms with Crippen LogP contribution in [0.1, 0.15) is 50.0 Å². The molecule has 2 aromatic rings. The van der Waals surface area contributed by atoms with Crippen molar-refractivity contribution in [2.45, 2.75) is 52.2 Å². The first-order valence-corrected chi connectivity index (χ1v) is 13.0. The molecule has 0 bridgehead atoms. The van der Waals surface area contributed by atoms with Crippen molar-refractivity contribution in [3.05, 3.63) is 68.9 Å². The lowest BCUT2D eigenvalue weighted by Crippen LogP contribution is -2.34. The summed E-state index contributed by atoms with van der Waals surface area (Å²) in [4.78, 5) is 29.1. The van der Waals surface area contributed by atoms with Gasteiger partial charge in [-0.15, -0.1) is 11.3 Å². The minimum Gasteiger partial charge on any atom is -0.507 e. The van der Waals surface area contributed by atoms with Gasteiger partial charge in [-0.1, -0.05) is 48.4 Å². The third kappa shape index (κ3) is 4.14. The van der Waals surface area contributed by atoms with Gasteiger partial charge in [0.1, 0.15) is 5.75 Å². The number of hydrogen-bond donors (Lipinski definition) is 1. The lowest BCUT2D eigenvalue weighted by atomic mass is 9.70. The fraction of sp³-hybridized carbons (Fsp3) is 0.429. The number of thiophene rings is 1. The van der Waals surface area contributed by atoms with Crippen molar-refractivity contribution in [3.63, 3.8) is 0 Å². The van der Waals surface area contributed by atoms with Crippen LogP contribution < -0.4 is 0 Å². The van der Waals surface area contributed by atoms with Gasteiger partial charge in [0, 0.05) is 16.4 Å². The van der Waals surface area contributed by atoms with Crippen molar-refractivity contribution in [2.24, 2.45) is 17.8 Å². The number of hydrogen-bond acceptors (Lipinski definition) is 5. The number of allylic oxidation sites excluding steroid dienone is 2. The minimum absolute atomic E-state index is 0.000703. The van der Waals surface area contributed by atoms with Crippen molar-refractivity contribution in [3.8, 4) is 5.75 Å². The molecule has 1 aliphatic carbocycles. The number of nitrogens with zero attached hydrogens (tertiary/aromatic N) is 1. The average molecular weight is 478 g/mol. The molecule has 0 unspecified atom stereocenters. The quantitative estimate of drug-likeness (QED) is 0.419. The van der Waals surface area contributed by atoms with E-state index in [4.69, 9.17) is 4.74 Å². The van der Waals surface area contributed by atoms with Gasteiger partial charge in [-0.2, -0.15) is 0 Å². The van der Waals surface area contributed by atoms with Gasteiger partial charge in [0.15, 0.2) is 0 Å². The van der Waals surface area contributed by atoms with E-state index in [1.165, 1.54) is 21.6 Å². The molecule has 5 rings (SSSR count). The normalized spacial score (nSPS) is 26.9. The number of benzene rings is 1. The second-order valence-electron chi connectivity index (χ2n) is 9.60. The van der Waals surface area contributed by atoms with Crippen molar-refractivity contribution in [1.29, 1.82) is 0 Å². The molecule has 178 valence electrons. The first-order valence-electron chi connectivity index (χ1n) is 12.1. The molecule has 0 radical (unpaired) electrons. The third-order valence-corrected chi connectivity index (χ3v) is 8.48. The number of carbonyl (C=O) groups excluding carboxylic acids is 2. The van der Waals surface area contributed by atoms with E-state index in [1.807, 2.05) is 35.7 Å². The Bertz CT molecular complexity index is 1150. The Hall–Kier alpha value is -2.70.